The summed E-state index contributed by atoms with van der Waals surface area (Å²) in [6.07, 6.45) is 3.12. The molecule has 0 radical (unpaired) electrons. The van der Waals surface area contributed by atoms with Gasteiger partial charge in [-0.1, -0.05) is 25.5 Å². The molecule has 1 rings (SSSR count). The van der Waals surface area contributed by atoms with Gasteiger partial charge in [0, 0.05) is 33.4 Å². The minimum absolute atomic E-state index is 0. The van der Waals surface area contributed by atoms with Crippen molar-refractivity contribution in [2.45, 2.75) is 39.3 Å². The van der Waals surface area contributed by atoms with Gasteiger partial charge in [0.25, 0.3) is 0 Å². The van der Waals surface area contributed by atoms with E-state index in [-0.39, 0.29) is 29.7 Å². The van der Waals surface area contributed by atoms with Gasteiger partial charge in [-0.3, -0.25) is 4.99 Å². The van der Waals surface area contributed by atoms with E-state index in [1.807, 2.05) is 6.07 Å². The first kappa shape index (κ1) is 23.8. The van der Waals surface area contributed by atoms with E-state index in [2.05, 4.69) is 27.3 Å². The fourth-order valence-corrected chi connectivity index (χ4v) is 1.97. The average Bonchev–Trinajstić information content (AvgIpc) is 2.56. The van der Waals surface area contributed by atoms with Crippen molar-refractivity contribution in [3.63, 3.8) is 0 Å². The molecular formula is C17H28F2IN3O2. The van der Waals surface area contributed by atoms with Gasteiger partial charge >= 0.3 is 6.61 Å². The summed E-state index contributed by atoms with van der Waals surface area (Å²) in [5.41, 5.74) is 0.832. The molecule has 0 amide bonds. The van der Waals surface area contributed by atoms with E-state index in [1.165, 1.54) is 6.07 Å². The number of guanidine groups is 1. The van der Waals surface area contributed by atoms with Gasteiger partial charge in [0.1, 0.15) is 5.75 Å². The summed E-state index contributed by atoms with van der Waals surface area (Å²) in [7, 11) is 1.68. The number of ether oxygens (including phenoxy) is 2. The molecule has 0 spiro atoms. The minimum Gasteiger partial charge on any atom is -0.435 e. The predicted molar refractivity (Wildman–Crippen MR) is 107 cm³/mol. The monoisotopic (exact) mass is 471 g/mol. The zero-order valence-corrected chi connectivity index (χ0v) is 17.1. The summed E-state index contributed by atoms with van der Waals surface area (Å²) in [4.78, 5) is 4.12. The molecular weight excluding hydrogens is 443 g/mol. The van der Waals surface area contributed by atoms with Gasteiger partial charge in [0.15, 0.2) is 5.96 Å². The van der Waals surface area contributed by atoms with Crippen LogP contribution in [0.3, 0.4) is 0 Å². The number of benzene rings is 1. The third kappa shape index (κ3) is 11.9. The van der Waals surface area contributed by atoms with Crippen LogP contribution in [0.5, 0.6) is 5.75 Å². The number of alkyl halides is 2. The van der Waals surface area contributed by atoms with Gasteiger partial charge in [-0.05, 0) is 30.5 Å². The first-order chi connectivity index (χ1) is 11.7. The quantitative estimate of drug-likeness (QED) is 0.223. The van der Waals surface area contributed by atoms with E-state index in [1.54, 1.807) is 19.2 Å². The van der Waals surface area contributed by atoms with E-state index in [4.69, 9.17) is 4.74 Å². The Hall–Kier alpha value is -1.16. The Morgan fingerprint density at radius 2 is 1.96 bits per heavy atom. The molecule has 25 heavy (non-hydrogen) atoms. The van der Waals surface area contributed by atoms with Crippen molar-refractivity contribution in [3.05, 3.63) is 29.8 Å². The summed E-state index contributed by atoms with van der Waals surface area (Å²) in [5, 5.41) is 6.32. The molecule has 0 heterocycles. The number of hydrogen-bond acceptors (Lipinski definition) is 3. The van der Waals surface area contributed by atoms with Crippen LogP contribution in [0, 0.1) is 0 Å². The molecule has 5 nitrogen and oxygen atoms in total. The van der Waals surface area contributed by atoms with Crippen LogP contribution >= 0.6 is 24.0 Å². The van der Waals surface area contributed by atoms with E-state index in [0.717, 1.165) is 44.6 Å². The lowest BCUT2D eigenvalue weighted by Gasteiger charge is -2.13. The van der Waals surface area contributed by atoms with Crippen molar-refractivity contribution in [1.82, 2.24) is 10.6 Å². The second kappa shape index (κ2) is 15.1. The number of unbranched alkanes of at least 4 members (excludes halogenated alkanes) is 1. The van der Waals surface area contributed by atoms with Gasteiger partial charge in [0.05, 0.1) is 0 Å². The second-order valence-corrected chi connectivity index (χ2v) is 5.20. The fraction of sp³-hybridized carbons (Fsp3) is 0.588. The Balaban J connectivity index is 0.00000576. The average molecular weight is 471 g/mol. The number of rotatable bonds is 11. The Labute approximate surface area is 165 Å². The highest BCUT2D eigenvalue weighted by atomic mass is 127. The standard InChI is InChI=1S/C17H27F2N3O2.HI/c1-3-4-10-23-11-6-9-21-17(20-2)22-13-14-7-5-8-15(12-14)24-16(18)19;/h5,7-8,12,16H,3-4,6,9-11,13H2,1-2H3,(H2,20,21,22);1H. The normalized spacial score (nSPS) is 11.2. The first-order valence-corrected chi connectivity index (χ1v) is 8.21. The fourth-order valence-electron chi connectivity index (χ4n) is 1.97. The van der Waals surface area contributed by atoms with Crippen LogP contribution in [0.15, 0.2) is 29.3 Å². The Bertz CT molecular complexity index is 491. The van der Waals surface area contributed by atoms with Crippen molar-refractivity contribution in [2.75, 3.05) is 26.8 Å². The molecule has 0 fully saturated rings. The molecule has 8 heteroatoms. The Morgan fingerprint density at radius 3 is 2.64 bits per heavy atom. The molecule has 0 saturated carbocycles. The molecule has 0 aliphatic rings. The molecule has 1 aromatic carbocycles. The van der Waals surface area contributed by atoms with Crippen molar-refractivity contribution >= 4 is 29.9 Å². The highest BCUT2D eigenvalue weighted by Gasteiger charge is 2.05. The molecule has 0 aliphatic carbocycles. The third-order valence-electron chi connectivity index (χ3n) is 3.21. The first-order valence-electron chi connectivity index (χ1n) is 8.21. The number of nitrogens with one attached hydrogen (secondary N) is 2. The van der Waals surface area contributed by atoms with Crippen LogP contribution in [0.4, 0.5) is 8.78 Å². The van der Waals surface area contributed by atoms with Gasteiger partial charge in [-0.15, -0.1) is 24.0 Å². The molecule has 0 saturated heterocycles. The van der Waals surface area contributed by atoms with Gasteiger partial charge < -0.3 is 20.1 Å². The Kier molecular flexibility index (Phi) is 14.4. The zero-order valence-electron chi connectivity index (χ0n) is 14.8. The summed E-state index contributed by atoms with van der Waals surface area (Å²) in [5.74, 6) is 0.806. The maximum Gasteiger partial charge on any atom is 0.387 e. The van der Waals surface area contributed by atoms with Gasteiger partial charge in [0.2, 0.25) is 0 Å². The lowest BCUT2D eigenvalue weighted by molar-refractivity contribution is -0.0498. The van der Waals surface area contributed by atoms with Crippen LogP contribution < -0.4 is 15.4 Å². The highest BCUT2D eigenvalue weighted by molar-refractivity contribution is 14.0. The molecule has 144 valence electrons. The molecule has 0 unspecified atom stereocenters. The van der Waals surface area contributed by atoms with Gasteiger partial charge in [-0.25, -0.2) is 0 Å². The smallest absolute Gasteiger partial charge is 0.387 e. The largest absolute Gasteiger partial charge is 0.435 e. The Morgan fingerprint density at radius 1 is 1.20 bits per heavy atom. The van der Waals surface area contributed by atoms with Crippen molar-refractivity contribution < 1.29 is 18.3 Å². The number of hydrogen-bond donors (Lipinski definition) is 2. The molecule has 0 aromatic heterocycles. The lowest BCUT2D eigenvalue weighted by atomic mass is 10.2. The van der Waals surface area contributed by atoms with Crippen molar-refractivity contribution in [2.24, 2.45) is 4.99 Å². The topological polar surface area (TPSA) is 54.9 Å². The van der Waals surface area contributed by atoms with Crippen LogP contribution in [0.25, 0.3) is 0 Å². The molecule has 1 aromatic rings. The third-order valence-corrected chi connectivity index (χ3v) is 3.21. The van der Waals surface area contributed by atoms with E-state index >= 15 is 0 Å². The zero-order chi connectivity index (χ0) is 17.6. The SMILES string of the molecule is CCCCOCCCNC(=NC)NCc1cccc(OC(F)F)c1.I. The van der Waals surface area contributed by atoms with Crippen molar-refractivity contribution in [1.29, 1.82) is 0 Å². The minimum atomic E-state index is -2.82. The van der Waals surface area contributed by atoms with E-state index in [9.17, 15) is 8.78 Å². The van der Waals surface area contributed by atoms with Crippen LogP contribution in [0.1, 0.15) is 31.7 Å². The number of aliphatic imine (C=N–C) groups is 1. The maximum atomic E-state index is 12.2. The molecule has 0 aliphatic heterocycles. The lowest BCUT2D eigenvalue weighted by Crippen LogP contribution is -2.37. The van der Waals surface area contributed by atoms with Gasteiger partial charge in [-0.2, -0.15) is 8.78 Å². The van der Waals surface area contributed by atoms with Crippen LogP contribution in [0.2, 0.25) is 0 Å². The summed E-state index contributed by atoms with van der Waals surface area (Å²) in [6, 6.07) is 6.59. The summed E-state index contributed by atoms with van der Waals surface area (Å²) < 4.78 is 34.3. The maximum absolute atomic E-state index is 12.2. The molecule has 0 atom stereocenters. The van der Waals surface area contributed by atoms with Crippen molar-refractivity contribution in [3.8, 4) is 5.75 Å². The number of nitrogens with zero attached hydrogens (tertiary/aromatic N) is 1. The molecule has 2 N–H and O–H groups in total. The predicted octanol–water partition coefficient (Wildman–Crippen LogP) is 3.78. The summed E-state index contributed by atoms with van der Waals surface area (Å²) in [6.45, 7) is 2.06. The summed E-state index contributed by atoms with van der Waals surface area (Å²) >= 11 is 0. The van der Waals surface area contributed by atoms with E-state index < -0.39 is 6.61 Å². The van der Waals surface area contributed by atoms with E-state index in [0.29, 0.717) is 12.5 Å². The molecule has 0 bridgehead atoms. The second-order valence-electron chi connectivity index (χ2n) is 5.20. The highest BCUT2D eigenvalue weighted by Crippen LogP contribution is 2.15. The van der Waals surface area contributed by atoms with Crippen LogP contribution in [-0.2, 0) is 11.3 Å². The number of halogens is 3. The van der Waals surface area contributed by atoms with Crippen LogP contribution in [-0.4, -0.2) is 39.4 Å².